The first kappa shape index (κ1) is 19.1. The molecule has 1 amide bonds. The van der Waals surface area contributed by atoms with E-state index in [9.17, 15) is 9.59 Å². The van der Waals surface area contributed by atoms with Gasteiger partial charge in [-0.1, -0.05) is 43.3 Å². The number of benzene rings is 1. The van der Waals surface area contributed by atoms with E-state index in [1.807, 2.05) is 45.0 Å². The number of rotatable bonds is 6. The molecule has 0 aliphatic rings. The summed E-state index contributed by atoms with van der Waals surface area (Å²) in [7, 11) is 0. The first-order chi connectivity index (χ1) is 12.9. The second kappa shape index (κ2) is 8.35. The summed E-state index contributed by atoms with van der Waals surface area (Å²) in [6, 6.07) is 11.1. The van der Waals surface area contributed by atoms with Crippen LogP contribution in [0.3, 0.4) is 0 Å². The minimum Gasteiger partial charge on any atom is -0.325 e. The highest BCUT2D eigenvalue weighted by Gasteiger charge is 2.15. The van der Waals surface area contributed by atoms with Crippen LogP contribution in [0.2, 0.25) is 0 Å². The number of carbonyl (C=O) groups is 1. The number of hydrogen-bond donors (Lipinski definition) is 1. The van der Waals surface area contributed by atoms with E-state index >= 15 is 0 Å². The van der Waals surface area contributed by atoms with Crippen LogP contribution in [-0.4, -0.2) is 26.2 Å². The van der Waals surface area contributed by atoms with Crippen molar-refractivity contribution in [3.8, 4) is 0 Å². The Morgan fingerprint density at radius 2 is 1.96 bits per heavy atom. The lowest BCUT2D eigenvalue weighted by Crippen LogP contribution is -2.26. The summed E-state index contributed by atoms with van der Waals surface area (Å²) in [6.07, 6.45) is 1.61. The highest BCUT2D eigenvalue weighted by Crippen LogP contribution is 2.18. The van der Waals surface area contributed by atoms with Crippen molar-refractivity contribution >= 4 is 34.4 Å². The molecule has 0 radical (unpaired) electrons. The molecule has 27 heavy (non-hydrogen) atoms. The molecule has 140 valence electrons. The van der Waals surface area contributed by atoms with E-state index in [0.717, 1.165) is 11.3 Å². The van der Waals surface area contributed by atoms with Crippen molar-refractivity contribution in [1.82, 2.24) is 14.5 Å². The number of amides is 1. The van der Waals surface area contributed by atoms with Crippen molar-refractivity contribution in [2.45, 2.75) is 32.5 Å². The summed E-state index contributed by atoms with van der Waals surface area (Å²) in [6.45, 7) is 6.62. The highest BCUT2D eigenvalue weighted by atomic mass is 32.2. The van der Waals surface area contributed by atoms with E-state index < -0.39 is 0 Å². The van der Waals surface area contributed by atoms with E-state index in [4.69, 9.17) is 0 Å². The second-order valence-corrected chi connectivity index (χ2v) is 7.72. The van der Waals surface area contributed by atoms with Crippen LogP contribution in [0, 0.1) is 12.8 Å². The number of nitrogens with one attached hydrogen (secondary N) is 1. The van der Waals surface area contributed by atoms with Crippen molar-refractivity contribution in [3.05, 3.63) is 58.5 Å². The minimum atomic E-state index is -0.143. The lowest BCUT2D eigenvalue weighted by molar-refractivity contribution is -0.113. The van der Waals surface area contributed by atoms with Gasteiger partial charge in [0.05, 0.1) is 11.1 Å². The van der Waals surface area contributed by atoms with Crippen molar-refractivity contribution in [2.75, 3.05) is 11.1 Å². The minimum absolute atomic E-state index is 0.122. The number of aromatic nitrogens is 3. The number of anilines is 1. The Balaban J connectivity index is 1.81. The summed E-state index contributed by atoms with van der Waals surface area (Å²) >= 11 is 1.25. The molecule has 1 aromatic carbocycles. The molecule has 0 aliphatic heterocycles. The Morgan fingerprint density at radius 3 is 2.67 bits per heavy atom. The summed E-state index contributed by atoms with van der Waals surface area (Å²) in [5.41, 5.74) is 2.17. The van der Waals surface area contributed by atoms with Gasteiger partial charge in [-0.05, 0) is 37.1 Å². The van der Waals surface area contributed by atoms with Gasteiger partial charge in [0.15, 0.2) is 10.8 Å². The summed E-state index contributed by atoms with van der Waals surface area (Å²) in [4.78, 5) is 33.8. The number of aryl methyl sites for hydroxylation is 1. The maximum Gasteiger partial charge on any atom is 0.263 e. The average Bonchev–Trinajstić information content (AvgIpc) is 2.64. The van der Waals surface area contributed by atoms with Crippen molar-refractivity contribution in [2.24, 2.45) is 5.92 Å². The summed E-state index contributed by atoms with van der Waals surface area (Å²) < 4.78 is 1.64. The zero-order chi connectivity index (χ0) is 19.4. The van der Waals surface area contributed by atoms with Crippen LogP contribution in [0.1, 0.15) is 19.4 Å². The molecule has 0 bridgehead atoms. The molecule has 0 atom stereocenters. The lowest BCUT2D eigenvalue weighted by atomic mass is 10.2. The predicted molar refractivity (Wildman–Crippen MR) is 109 cm³/mol. The van der Waals surface area contributed by atoms with Crippen LogP contribution in [0.5, 0.6) is 0 Å². The second-order valence-electron chi connectivity index (χ2n) is 6.78. The fourth-order valence-corrected chi connectivity index (χ4v) is 3.43. The quantitative estimate of drug-likeness (QED) is 0.522. The number of nitrogens with zero attached hydrogens (tertiary/aromatic N) is 3. The molecule has 3 rings (SSSR count). The van der Waals surface area contributed by atoms with Crippen molar-refractivity contribution < 1.29 is 4.79 Å². The molecule has 2 aromatic heterocycles. The Hall–Kier alpha value is -2.67. The normalized spacial score (nSPS) is 11.1. The first-order valence-electron chi connectivity index (χ1n) is 8.79. The largest absolute Gasteiger partial charge is 0.325 e. The van der Waals surface area contributed by atoms with Gasteiger partial charge in [0, 0.05) is 18.4 Å². The molecular weight excluding hydrogens is 360 g/mol. The van der Waals surface area contributed by atoms with Crippen LogP contribution < -0.4 is 10.9 Å². The molecule has 0 unspecified atom stereocenters. The van der Waals surface area contributed by atoms with Crippen molar-refractivity contribution in [1.29, 1.82) is 0 Å². The van der Waals surface area contributed by atoms with Gasteiger partial charge >= 0.3 is 0 Å². The van der Waals surface area contributed by atoms with Crippen LogP contribution in [0.25, 0.3) is 11.0 Å². The molecule has 7 heteroatoms. The highest BCUT2D eigenvalue weighted by molar-refractivity contribution is 7.99. The van der Waals surface area contributed by atoms with Crippen LogP contribution >= 0.6 is 11.8 Å². The lowest BCUT2D eigenvalue weighted by Gasteiger charge is -2.14. The van der Waals surface area contributed by atoms with E-state index in [-0.39, 0.29) is 23.1 Å². The van der Waals surface area contributed by atoms with E-state index in [0.29, 0.717) is 22.7 Å². The molecule has 1 N–H and O–H groups in total. The van der Waals surface area contributed by atoms with Gasteiger partial charge < -0.3 is 5.32 Å². The number of carbonyl (C=O) groups excluding carboxylic acids is 1. The summed E-state index contributed by atoms with van der Waals surface area (Å²) in [5.74, 6) is 0.297. The molecule has 0 saturated carbocycles. The zero-order valence-corrected chi connectivity index (χ0v) is 16.4. The smallest absolute Gasteiger partial charge is 0.263 e. The Labute approximate surface area is 162 Å². The van der Waals surface area contributed by atoms with Gasteiger partial charge in [-0.3, -0.25) is 14.2 Å². The predicted octanol–water partition coefficient (Wildman–Crippen LogP) is 3.49. The van der Waals surface area contributed by atoms with Gasteiger partial charge in [0.25, 0.3) is 5.56 Å². The molecule has 2 heterocycles. The number of fused-ring (bicyclic) bond motifs is 1. The molecular formula is C20H22N4O2S. The molecule has 0 fully saturated rings. The average molecular weight is 382 g/mol. The molecule has 3 aromatic rings. The van der Waals surface area contributed by atoms with Crippen molar-refractivity contribution in [3.63, 3.8) is 0 Å². The Morgan fingerprint density at radius 1 is 1.22 bits per heavy atom. The molecule has 6 nitrogen and oxygen atoms in total. The van der Waals surface area contributed by atoms with E-state index in [1.165, 1.54) is 11.8 Å². The van der Waals surface area contributed by atoms with Gasteiger partial charge in [-0.15, -0.1) is 0 Å². The first-order valence-corrected chi connectivity index (χ1v) is 9.77. The van der Waals surface area contributed by atoms with Gasteiger partial charge in [0.2, 0.25) is 5.91 Å². The SMILES string of the molecule is Cc1ccc(NC(=O)CSc2nc3ncccc3c(=O)n2CC(C)C)cc1. The monoisotopic (exact) mass is 382 g/mol. The standard InChI is InChI=1S/C20H22N4O2S/c1-13(2)11-24-19(26)16-5-4-10-21-18(16)23-20(24)27-12-17(25)22-15-8-6-14(3)7-9-15/h4-10,13H,11-12H2,1-3H3,(H,22,25). The number of pyridine rings is 1. The fourth-order valence-electron chi connectivity index (χ4n) is 2.64. The maximum absolute atomic E-state index is 12.8. The third kappa shape index (κ3) is 4.74. The zero-order valence-electron chi connectivity index (χ0n) is 15.6. The third-order valence-electron chi connectivity index (χ3n) is 3.91. The van der Waals surface area contributed by atoms with Gasteiger partial charge in [-0.25, -0.2) is 9.97 Å². The number of hydrogen-bond acceptors (Lipinski definition) is 5. The van der Waals surface area contributed by atoms with Gasteiger partial charge in [0.1, 0.15) is 0 Å². The maximum atomic E-state index is 12.8. The fraction of sp³-hybridized carbons (Fsp3) is 0.300. The van der Waals surface area contributed by atoms with Crippen LogP contribution in [0.4, 0.5) is 5.69 Å². The van der Waals surface area contributed by atoms with Gasteiger partial charge in [-0.2, -0.15) is 0 Å². The topological polar surface area (TPSA) is 76.9 Å². The van der Waals surface area contributed by atoms with Crippen LogP contribution in [0.15, 0.2) is 52.5 Å². The van der Waals surface area contributed by atoms with Crippen LogP contribution in [-0.2, 0) is 11.3 Å². The van der Waals surface area contributed by atoms with E-state index in [2.05, 4.69) is 15.3 Å². The summed E-state index contributed by atoms with van der Waals surface area (Å²) in [5, 5.41) is 3.87. The third-order valence-corrected chi connectivity index (χ3v) is 4.89. The molecule has 0 aliphatic carbocycles. The van der Waals surface area contributed by atoms with E-state index in [1.54, 1.807) is 22.9 Å². The number of thioether (sulfide) groups is 1. The molecule has 0 saturated heterocycles. The molecule has 0 spiro atoms. The Kier molecular flexibility index (Phi) is 5.91. The Bertz CT molecular complexity index is 1010.